The van der Waals surface area contributed by atoms with Crippen molar-refractivity contribution in [1.82, 2.24) is 14.8 Å². The lowest BCUT2D eigenvalue weighted by Crippen LogP contribution is -2.20. The summed E-state index contributed by atoms with van der Waals surface area (Å²) >= 11 is 1.46. The highest BCUT2D eigenvalue weighted by Crippen LogP contribution is 2.29. The van der Waals surface area contributed by atoms with Gasteiger partial charge >= 0.3 is 5.69 Å². The molecule has 1 aromatic rings. The molecule has 1 saturated carbocycles. The molecule has 0 aromatic carbocycles. The van der Waals surface area contributed by atoms with Gasteiger partial charge in [-0.3, -0.25) is 4.57 Å². The minimum absolute atomic E-state index is 0.0840. The van der Waals surface area contributed by atoms with E-state index < -0.39 is 0 Å². The first-order valence-electron chi connectivity index (χ1n) is 7.05. The molecule has 0 saturated heterocycles. The molecule has 1 aromatic heterocycles. The number of aromatic amines is 1. The predicted molar refractivity (Wildman–Crippen MR) is 76.5 cm³/mol. The Morgan fingerprint density at radius 2 is 2.16 bits per heavy atom. The number of hydrogen-bond donors (Lipinski definition) is 2. The molecule has 1 aliphatic rings. The van der Waals surface area contributed by atoms with Crippen LogP contribution in [0.25, 0.3) is 0 Å². The van der Waals surface area contributed by atoms with E-state index in [9.17, 15) is 9.90 Å². The summed E-state index contributed by atoms with van der Waals surface area (Å²) in [7, 11) is 0. The Labute approximate surface area is 117 Å². The minimum Gasteiger partial charge on any atom is -0.392 e. The number of aliphatic hydroxyl groups is 1. The van der Waals surface area contributed by atoms with Gasteiger partial charge in [0, 0.05) is 11.8 Å². The van der Waals surface area contributed by atoms with Gasteiger partial charge in [0.25, 0.3) is 0 Å². The molecule has 2 rings (SSSR count). The molecule has 0 spiro atoms. The number of H-pyrrole nitrogens is 1. The SMILES string of the molecule is CC(C)n1c(SCC(O)CC2CCCC2)n[nH]c1=O. The van der Waals surface area contributed by atoms with Crippen LogP contribution in [0, 0.1) is 5.92 Å². The average Bonchev–Trinajstić information content (AvgIpc) is 2.96. The highest BCUT2D eigenvalue weighted by atomic mass is 32.2. The van der Waals surface area contributed by atoms with Gasteiger partial charge in [0.05, 0.1) is 6.10 Å². The van der Waals surface area contributed by atoms with Crippen molar-refractivity contribution in [2.24, 2.45) is 5.92 Å². The second-order valence-corrected chi connectivity index (χ2v) is 6.61. The largest absolute Gasteiger partial charge is 0.392 e. The summed E-state index contributed by atoms with van der Waals surface area (Å²) < 4.78 is 1.63. The first kappa shape index (κ1) is 14.7. The number of nitrogens with one attached hydrogen (secondary N) is 1. The van der Waals surface area contributed by atoms with Crippen molar-refractivity contribution in [3.05, 3.63) is 10.5 Å². The highest BCUT2D eigenvalue weighted by molar-refractivity contribution is 7.99. The maximum atomic E-state index is 11.6. The molecule has 1 unspecified atom stereocenters. The monoisotopic (exact) mass is 285 g/mol. The summed E-state index contributed by atoms with van der Waals surface area (Å²) in [6.07, 6.45) is 5.68. The maximum Gasteiger partial charge on any atom is 0.344 e. The first-order valence-corrected chi connectivity index (χ1v) is 8.04. The van der Waals surface area contributed by atoms with E-state index in [2.05, 4.69) is 10.2 Å². The smallest absolute Gasteiger partial charge is 0.344 e. The van der Waals surface area contributed by atoms with Crippen LogP contribution in [0.1, 0.15) is 52.0 Å². The molecule has 6 heteroatoms. The molecule has 1 fully saturated rings. The second kappa shape index (κ2) is 6.61. The number of aromatic nitrogens is 3. The lowest BCUT2D eigenvalue weighted by atomic mass is 10.0. The molecule has 19 heavy (non-hydrogen) atoms. The summed E-state index contributed by atoms with van der Waals surface area (Å²) in [5.41, 5.74) is -0.178. The molecule has 0 bridgehead atoms. The predicted octanol–water partition coefficient (Wildman–Crippen LogP) is 2.19. The van der Waals surface area contributed by atoms with Crippen LogP contribution < -0.4 is 5.69 Å². The Balaban J connectivity index is 1.86. The van der Waals surface area contributed by atoms with Gasteiger partial charge in [-0.05, 0) is 26.2 Å². The van der Waals surface area contributed by atoms with Gasteiger partial charge in [-0.15, -0.1) is 5.10 Å². The molecule has 0 amide bonds. The highest BCUT2D eigenvalue weighted by Gasteiger charge is 2.20. The molecule has 5 nitrogen and oxygen atoms in total. The Morgan fingerprint density at radius 1 is 1.47 bits per heavy atom. The zero-order chi connectivity index (χ0) is 13.8. The van der Waals surface area contributed by atoms with Crippen molar-refractivity contribution in [2.75, 3.05) is 5.75 Å². The van der Waals surface area contributed by atoms with Crippen LogP contribution in [0.15, 0.2) is 9.95 Å². The van der Waals surface area contributed by atoms with Crippen LogP contribution in [-0.4, -0.2) is 31.7 Å². The van der Waals surface area contributed by atoms with E-state index in [1.54, 1.807) is 4.57 Å². The zero-order valence-corrected chi connectivity index (χ0v) is 12.4. The number of thioether (sulfide) groups is 1. The van der Waals surface area contributed by atoms with Crippen LogP contribution in [-0.2, 0) is 0 Å². The lowest BCUT2D eigenvalue weighted by Gasteiger charge is -2.15. The Kier molecular flexibility index (Phi) is 5.10. The molecule has 2 N–H and O–H groups in total. The number of rotatable bonds is 6. The van der Waals surface area contributed by atoms with Crippen LogP contribution in [0.3, 0.4) is 0 Å². The molecule has 1 aliphatic carbocycles. The third kappa shape index (κ3) is 3.86. The van der Waals surface area contributed by atoms with E-state index in [1.165, 1.54) is 37.4 Å². The minimum atomic E-state index is -0.305. The van der Waals surface area contributed by atoms with Crippen molar-refractivity contribution < 1.29 is 5.11 Å². The summed E-state index contributed by atoms with van der Waals surface area (Å²) in [6.45, 7) is 3.91. The molecule has 0 aliphatic heterocycles. The van der Waals surface area contributed by atoms with E-state index >= 15 is 0 Å². The third-order valence-corrected chi connectivity index (χ3v) is 4.77. The van der Waals surface area contributed by atoms with Crippen molar-refractivity contribution in [3.8, 4) is 0 Å². The second-order valence-electron chi connectivity index (χ2n) is 5.63. The number of aliphatic hydroxyl groups excluding tert-OH is 1. The standard InChI is InChI=1S/C13H23N3O2S/c1-9(2)16-12(18)14-15-13(16)19-8-11(17)7-10-5-3-4-6-10/h9-11,17H,3-8H2,1-2H3,(H,14,18). The maximum absolute atomic E-state index is 11.6. The number of hydrogen-bond acceptors (Lipinski definition) is 4. The summed E-state index contributed by atoms with van der Waals surface area (Å²) in [4.78, 5) is 11.6. The van der Waals surface area contributed by atoms with Gasteiger partial charge in [-0.25, -0.2) is 9.89 Å². The van der Waals surface area contributed by atoms with Gasteiger partial charge in [0.15, 0.2) is 5.16 Å². The first-order chi connectivity index (χ1) is 9.08. The molecule has 0 radical (unpaired) electrons. The van der Waals surface area contributed by atoms with E-state index in [0.717, 1.165) is 6.42 Å². The van der Waals surface area contributed by atoms with E-state index in [0.29, 0.717) is 16.8 Å². The quantitative estimate of drug-likeness (QED) is 0.786. The molecule has 1 heterocycles. The summed E-state index contributed by atoms with van der Waals surface area (Å²) in [6, 6.07) is 0.0840. The Bertz CT molecular complexity index is 449. The Morgan fingerprint density at radius 3 is 2.79 bits per heavy atom. The summed E-state index contributed by atoms with van der Waals surface area (Å²) in [5, 5.41) is 17.2. The molecular formula is C13H23N3O2S. The van der Waals surface area contributed by atoms with E-state index in [1.807, 2.05) is 13.8 Å². The van der Waals surface area contributed by atoms with Crippen LogP contribution >= 0.6 is 11.8 Å². The van der Waals surface area contributed by atoms with Gasteiger partial charge < -0.3 is 5.11 Å². The van der Waals surface area contributed by atoms with Crippen molar-refractivity contribution in [3.63, 3.8) is 0 Å². The van der Waals surface area contributed by atoms with Gasteiger partial charge in [0.2, 0.25) is 0 Å². The molecule has 108 valence electrons. The zero-order valence-electron chi connectivity index (χ0n) is 11.6. The molecule has 1 atom stereocenters. The van der Waals surface area contributed by atoms with Crippen molar-refractivity contribution in [1.29, 1.82) is 0 Å². The molecular weight excluding hydrogens is 262 g/mol. The van der Waals surface area contributed by atoms with E-state index in [4.69, 9.17) is 0 Å². The van der Waals surface area contributed by atoms with Crippen LogP contribution in [0.2, 0.25) is 0 Å². The van der Waals surface area contributed by atoms with Crippen LogP contribution in [0.4, 0.5) is 0 Å². The van der Waals surface area contributed by atoms with Gasteiger partial charge in [-0.1, -0.05) is 37.4 Å². The van der Waals surface area contributed by atoms with Gasteiger partial charge in [0.1, 0.15) is 0 Å². The average molecular weight is 285 g/mol. The summed E-state index contributed by atoms with van der Waals surface area (Å²) in [5.74, 6) is 1.29. The normalized spacial score (nSPS) is 18.3. The fraction of sp³-hybridized carbons (Fsp3) is 0.846. The number of nitrogens with zero attached hydrogens (tertiary/aromatic N) is 2. The third-order valence-electron chi connectivity index (χ3n) is 3.67. The fourth-order valence-corrected chi connectivity index (χ4v) is 3.74. The fourth-order valence-electron chi connectivity index (χ4n) is 2.72. The topological polar surface area (TPSA) is 70.9 Å². The van der Waals surface area contributed by atoms with Crippen molar-refractivity contribution >= 4 is 11.8 Å². The lowest BCUT2D eigenvalue weighted by molar-refractivity contribution is 0.165. The van der Waals surface area contributed by atoms with E-state index in [-0.39, 0.29) is 17.8 Å². The van der Waals surface area contributed by atoms with Crippen molar-refractivity contribution in [2.45, 2.75) is 63.3 Å². The Hall–Kier alpha value is -0.750. The van der Waals surface area contributed by atoms with Crippen LogP contribution in [0.5, 0.6) is 0 Å². The van der Waals surface area contributed by atoms with Gasteiger partial charge in [-0.2, -0.15) is 0 Å².